The van der Waals surface area contributed by atoms with E-state index in [1.54, 1.807) is 11.8 Å². The van der Waals surface area contributed by atoms with Crippen molar-refractivity contribution in [3.8, 4) is 0 Å². The number of nitrogens with one attached hydrogen (secondary N) is 1. The Labute approximate surface area is 126 Å². The molecule has 1 N–H and O–H groups in total. The van der Waals surface area contributed by atoms with Crippen molar-refractivity contribution in [1.82, 2.24) is 4.90 Å². The SMILES string of the molecule is CSCC(=O)N1CCCC(Nc2ccc(C)c(C)c2)C1. The first-order valence-corrected chi connectivity index (χ1v) is 8.60. The molecule has 110 valence electrons. The van der Waals surface area contributed by atoms with E-state index in [0.717, 1.165) is 31.6 Å². The van der Waals surface area contributed by atoms with Gasteiger partial charge in [-0.1, -0.05) is 6.07 Å². The molecule has 0 spiro atoms. The summed E-state index contributed by atoms with van der Waals surface area (Å²) in [6.45, 7) is 6.00. The average Bonchev–Trinajstić information content (AvgIpc) is 2.43. The Morgan fingerprint density at radius 2 is 2.20 bits per heavy atom. The van der Waals surface area contributed by atoms with Crippen molar-refractivity contribution in [3.05, 3.63) is 29.3 Å². The van der Waals surface area contributed by atoms with Crippen LogP contribution in [0.3, 0.4) is 0 Å². The lowest BCUT2D eigenvalue weighted by Crippen LogP contribution is -2.45. The first-order chi connectivity index (χ1) is 9.60. The van der Waals surface area contributed by atoms with Gasteiger partial charge in [-0.3, -0.25) is 4.79 Å². The van der Waals surface area contributed by atoms with E-state index in [2.05, 4.69) is 37.4 Å². The van der Waals surface area contributed by atoms with Crippen molar-refractivity contribution in [1.29, 1.82) is 0 Å². The molecule has 1 fully saturated rings. The Morgan fingerprint density at radius 1 is 1.40 bits per heavy atom. The summed E-state index contributed by atoms with van der Waals surface area (Å²) in [5.41, 5.74) is 3.79. The van der Waals surface area contributed by atoms with E-state index >= 15 is 0 Å². The van der Waals surface area contributed by atoms with Crippen molar-refractivity contribution >= 4 is 23.4 Å². The van der Waals surface area contributed by atoms with Gasteiger partial charge in [0.05, 0.1) is 5.75 Å². The van der Waals surface area contributed by atoms with Gasteiger partial charge in [0.1, 0.15) is 0 Å². The highest BCUT2D eigenvalue weighted by Crippen LogP contribution is 2.19. The zero-order valence-corrected chi connectivity index (χ0v) is 13.4. The van der Waals surface area contributed by atoms with Crippen molar-refractivity contribution in [2.24, 2.45) is 0 Å². The third kappa shape index (κ3) is 3.92. The van der Waals surface area contributed by atoms with Crippen LogP contribution in [-0.2, 0) is 4.79 Å². The van der Waals surface area contributed by atoms with E-state index in [-0.39, 0.29) is 5.91 Å². The lowest BCUT2D eigenvalue weighted by atomic mass is 10.0. The second kappa shape index (κ2) is 7.02. The minimum Gasteiger partial charge on any atom is -0.381 e. The van der Waals surface area contributed by atoms with Crippen LogP contribution in [-0.4, -0.2) is 41.9 Å². The van der Waals surface area contributed by atoms with Crippen LogP contribution in [0.1, 0.15) is 24.0 Å². The molecule has 1 aromatic rings. The predicted molar refractivity (Wildman–Crippen MR) is 87.5 cm³/mol. The van der Waals surface area contributed by atoms with Crippen LogP contribution in [0.2, 0.25) is 0 Å². The Morgan fingerprint density at radius 3 is 2.90 bits per heavy atom. The number of hydrogen-bond donors (Lipinski definition) is 1. The number of benzene rings is 1. The van der Waals surface area contributed by atoms with Gasteiger partial charge in [0.2, 0.25) is 5.91 Å². The molecule has 3 nitrogen and oxygen atoms in total. The first kappa shape index (κ1) is 15.2. The quantitative estimate of drug-likeness (QED) is 0.925. The molecule has 1 aliphatic rings. The summed E-state index contributed by atoms with van der Waals surface area (Å²) in [6, 6.07) is 6.84. The third-order valence-corrected chi connectivity index (χ3v) is 4.46. The summed E-state index contributed by atoms with van der Waals surface area (Å²) >= 11 is 1.60. The lowest BCUT2D eigenvalue weighted by molar-refractivity contribution is -0.129. The highest BCUT2D eigenvalue weighted by atomic mass is 32.2. The number of rotatable bonds is 4. The second-order valence-corrected chi connectivity index (χ2v) is 6.42. The van der Waals surface area contributed by atoms with Gasteiger partial charge in [-0.2, -0.15) is 11.8 Å². The number of aryl methyl sites for hydroxylation is 2. The molecule has 0 bridgehead atoms. The lowest BCUT2D eigenvalue weighted by Gasteiger charge is -2.33. The zero-order chi connectivity index (χ0) is 14.5. The Balaban J connectivity index is 1.95. The average molecular weight is 292 g/mol. The third-order valence-electron chi connectivity index (χ3n) is 3.92. The number of nitrogens with zero attached hydrogens (tertiary/aromatic N) is 1. The minimum atomic E-state index is 0.268. The molecule has 1 aliphatic heterocycles. The fraction of sp³-hybridized carbons (Fsp3) is 0.562. The number of thioether (sulfide) groups is 1. The molecule has 1 saturated heterocycles. The molecule has 0 aromatic heterocycles. The topological polar surface area (TPSA) is 32.3 Å². The van der Waals surface area contributed by atoms with Crippen LogP contribution in [0.5, 0.6) is 0 Å². The van der Waals surface area contributed by atoms with Gasteiger partial charge in [-0.15, -0.1) is 0 Å². The number of anilines is 1. The molecule has 0 aliphatic carbocycles. The van der Waals surface area contributed by atoms with Crippen LogP contribution in [0.15, 0.2) is 18.2 Å². The van der Waals surface area contributed by atoms with Gasteiger partial charge in [-0.25, -0.2) is 0 Å². The number of piperidine rings is 1. The van der Waals surface area contributed by atoms with Gasteiger partial charge in [-0.05, 0) is 56.2 Å². The summed E-state index contributed by atoms with van der Waals surface area (Å²) in [6.07, 6.45) is 4.20. The van der Waals surface area contributed by atoms with Crippen molar-refractivity contribution in [3.63, 3.8) is 0 Å². The maximum absolute atomic E-state index is 12.0. The Kier molecular flexibility index (Phi) is 5.35. The largest absolute Gasteiger partial charge is 0.381 e. The zero-order valence-electron chi connectivity index (χ0n) is 12.6. The standard InChI is InChI=1S/C16H24N2OS/c1-12-6-7-14(9-13(12)2)17-15-5-4-8-18(10-15)16(19)11-20-3/h6-7,9,15,17H,4-5,8,10-11H2,1-3H3. The number of carbonyl (C=O) groups is 1. The molecule has 1 unspecified atom stereocenters. The summed E-state index contributed by atoms with van der Waals surface area (Å²) in [4.78, 5) is 14.0. The maximum atomic E-state index is 12.0. The normalized spacial score (nSPS) is 18.9. The van der Waals surface area contributed by atoms with Crippen molar-refractivity contribution in [2.75, 3.05) is 30.4 Å². The van der Waals surface area contributed by atoms with Gasteiger partial charge >= 0.3 is 0 Å². The Hall–Kier alpha value is -1.16. The van der Waals surface area contributed by atoms with Gasteiger partial charge in [0.15, 0.2) is 0 Å². The predicted octanol–water partition coefficient (Wildman–Crippen LogP) is 3.07. The van der Waals surface area contributed by atoms with Crippen LogP contribution < -0.4 is 5.32 Å². The molecule has 20 heavy (non-hydrogen) atoms. The highest BCUT2D eigenvalue weighted by molar-refractivity contribution is 7.99. The number of likely N-dealkylation sites (tertiary alicyclic amines) is 1. The van der Waals surface area contributed by atoms with E-state index < -0.39 is 0 Å². The molecule has 1 amide bonds. The fourth-order valence-corrected chi connectivity index (χ4v) is 3.03. The summed E-state index contributed by atoms with van der Waals surface area (Å²) in [5.74, 6) is 0.861. The number of amides is 1. The summed E-state index contributed by atoms with van der Waals surface area (Å²) < 4.78 is 0. The van der Waals surface area contributed by atoms with Gasteiger partial charge < -0.3 is 10.2 Å². The second-order valence-electron chi connectivity index (χ2n) is 5.56. The van der Waals surface area contributed by atoms with E-state index in [1.807, 2.05) is 11.2 Å². The molecule has 1 heterocycles. The number of hydrogen-bond acceptors (Lipinski definition) is 3. The van der Waals surface area contributed by atoms with Gasteiger partial charge in [0, 0.05) is 24.8 Å². The fourth-order valence-electron chi connectivity index (χ4n) is 2.60. The Bertz CT molecular complexity index is 476. The van der Waals surface area contributed by atoms with Crippen LogP contribution in [0, 0.1) is 13.8 Å². The maximum Gasteiger partial charge on any atom is 0.232 e. The molecule has 0 saturated carbocycles. The molecule has 2 rings (SSSR count). The first-order valence-electron chi connectivity index (χ1n) is 7.20. The molecule has 1 aromatic carbocycles. The van der Waals surface area contributed by atoms with E-state index in [4.69, 9.17) is 0 Å². The molecule has 4 heteroatoms. The minimum absolute atomic E-state index is 0.268. The van der Waals surface area contributed by atoms with Crippen LogP contribution in [0.25, 0.3) is 0 Å². The number of carbonyl (C=O) groups excluding carboxylic acids is 1. The monoisotopic (exact) mass is 292 g/mol. The van der Waals surface area contributed by atoms with Crippen molar-refractivity contribution in [2.45, 2.75) is 32.7 Å². The molecule has 1 atom stereocenters. The summed E-state index contributed by atoms with van der Waals surface area (Å²) in [5, 5.41) is 3.58. The van der Waals surface area contributed by atoms with Crippen LogP contribution >= 0.6 is 11.8 Å². The van der Waals surface area contributed by atoms with E-state index in [9.17, 15) is 4.79 Å². The molecular formula is C16H24N2OS. The summed E-state index contributed by atoms with van der Waals surface area (Å²) in [7, 11) is 0. The van der Waals surface area contributed by atoms with Gasteiger partial charge in [0.25, 0.3) is 0 Å². The highest BCUT2D eigenvalue weighted by Gasteiger charge is 2.23. The van der Waals surface area contributed by atoms with E-state index in [1.165, 1.54) is 11.1 Å². The van der Waals surface area contributed by atoms with Crippen LogP contribution in [0.4, 0.5) is 5.69 Å². The van der Waals surface area contributed by atoms with E-state index in [0.29, 0.717) is 11.8 Å². The smallest absolute Gasteiger partial charge is 0.232 e. The molecule has 0 radical (unpaired) electrons. The van der Waals surface area contributed by atoms with Crippen molar-refractivity contribution < 1.29 is 4.79 Å². The molecular weight excluding hydrogens is 268 g/mol.